The average Bonchev–Trinajstić information content (AvgIpc) is 2.86. The van der Waals surface area contributed by atoms with Crippen LogP contribution in [-0.4, -0.2) is 47.6 Å². The van der Waals surface area contributed by atoms with Gasteiger partial charge in [-0.2, -0.15) is 0 Å². The standard InChI is InChI=1S/C13H22N2O3/c1-4-10-11(16)14-13(3,5-2)12(17)15(10)9-6-7-18-8-9/h9-10H,4-8H2,1-3H3,(H,14,16). The lowest BCUT2D eigenvalue weighted by atomic mass is 9.89. The number of carbonyl (C=O) groups excluding carboxylic acids is 2. The van der Waals surface area contributed by atoms with Crippen LogP contribution in [0.3, 0.4) is 0 Å². The van der Waals surface area contributed by atoms with Crippen molar-refractivity contribution in [2.24, 2.45) is 0 Å². The molecule has 1 N–H and O–H groups in total. The van der Waals surface area contributed by atoms with Gasteiger partial charge in [0.05, 0.1) is 12.6 Å². The van der Waals surface area contributed by atoms with Gasteiger partial charge in [-0.25, -0.2) is 0 Å². The van der Waals surface area contributed by atoms with Crippen molar-refractivity contribution in [2.45, 2.75) is 57.7 Å². The van der Waals surface area contributed by atoms with Gasteiger partial charge in [-0.3, -0.25) is 9.59 Å². The summed E-state index contributed by atoms with van der Waals surface area (Å²) >= 11 is 0. The Labute approximate surface area is 108 Å². The number of nitrogens with one attached hydrogen (secondary N) is 1. The van der Waals surface area contributed by atoms with E-state index in [1.807, 2.05) is 20.8 Å². The van der Waals surface area contributed by atoms with E-state index in [2.05, 4.69) is 5.32 Å². The maximum atomic E-state index is 12.6. The van der Waals surface area contributed by atoms with Crippen molar-refractivity contribution in [3.8, 4) is 0 Å². The van der Waals surface area contributed by atoms with Gasteiger partial charge < -0.3 is 15.0 Å². The molecule has 0 aromatic rings. The number of ether oxygens (including phenoxy) is 1. The SMILES string of the molecule is CCC1C(=O)NC(C)(CC)C(=O)N1C1CCOC1. The summed E-state index contributed by atoms with van der Waals surface area (Å²) in [6, 6.07) is -0.289. The van der Waals surface area contributed by atoms with Crippen LogP contribution >= 0.6 is 0 Å². The van der Waals surface area contributed by atoms with Gasteiger partial charge in [0, 0.05) is 6.61 Å². The smallest absolute Gasteiger partial charge is 0.249 e. The topological polar surface area (TPSA) is 58.6 Å². The Morgan fingerprint density at radius 3 is 2.67 bits per heavy atom. The largest absolute Gasteiger partial charge is 0.379 e. The van der Waals surface area contributed by atoms with E-state index in [4.69, 9.17) is 4.74 Å². The van der Waals surface area contributed by atoms with Crippen LogP contribution in [0.25, 0.3) is 0 Å². The van der Waals surface area contributed by atoms with Crippen LogP contribution < -0.4 is 5.32 Å². The zero-order valence-corrected chi connectivity index (χ0v) is 11.4. The second kappa shape index (κ2) is 4.88. The lowest BCUT2D eigenvalue weighted by Crippen LogP contribution is -2.70. The van der Waals surface area contributed by atoms with Crippen LogP contribution in [0, 0.1) is 0 Å². The molecule has 18 heavy (non-hydrogen) atoms. The number of rotatable bonds is 3. The number of hydrogen-bond donors (Lipinski definition) is 1. The summed E-state index contributed by atoms with van der Waals surface area (Å²) in [4.78, 5) is 26.6. The third kappa shape index (κ3) is 2.00. The van der Waals surface area contributed by atoms with E-state index in [1.54, 1.807) is 4.90 Å². The van der Waals surface area contributed by atoms with Crippen LogP contribution in [-0.2, 0) is 14.3 Å². The van der Waals surface area contributed by atoms with E-state index < -0.39 is 5.54 Å². The first kappa shape index (κ1) is 13.3. The van der Waals surface area contributed by atoms with Gasteiger partial charge in [0.25, 0.3) is 0 Å². The van der Waals surface area contributed by atoms with Gasteiger partial charge in [0.1, 0.15) is 11.6 Å². The summed E-state index contributed by atoms with van der Waals surface area (Å²) in [5.74, 6) is 0.000278. The number of carbonyl (C=O) groups is 2. The molecule has 2 saturated heterocycles. The molecule has 0 aliphatic carbocycles. The zero-order chi connectivity index (χ0) is 13.3. The van der Waals surface area contributed by atoms with Gasteiger partial charge in [-0.15, -0.1) is 0 Å². The minimum Gasteiger partial charge on any atom is -0.379 e. The average molecular weight is 254 g/mol. The van der Waals surface area contributed by atoms with Crippen molar-refractivity contribution in [2.75, 3.05) is 13.2 Å². The van der Waals surface area contributed by atoms with E-state index in [-0.39, 0.29) is 23.9 Å². The summed E-state index contributed by atoms with van der Waals surface area (Å²) < 4.78 is 5.36. The van der Waals surface area contributed by atoms with Crippen molar-refractivity contribution >= 4 is 11.8 Å². The van der Waals surface area contributed by atoms with Gasteiger partial charge in [-0.1, -0.05) is 13.8 Å². The highest BCUT2D eigenvalue weighted by atomic mass is 16.5. The molecule has 0 aromatic carbocycles. The number of nitrogens with zero attached hydrogens (tertiary/aromatic N) is 1. The molecule has 0 spiro atoms. The molecule has 2 aliphatic rings. The number of amides is 2. The molecule has 3 unspecified atom stereocenters. The van der Waals surface area contributed by atoms with Crippen LogP contribution in [0.15, 0.2) is 0 Å². The summed E-state index contributed by atoms with van der Waals surface area (Å²) in [7, 11) is 0. The van der Waals surface area contributed by atoms with Crippen molar-refractivity contribution in [3.63, 3.8) is 0 Å². The lowest BCUT2D eigenvalue weighted by Gasteiger charge is -2.46. The molecule has 3 atom stereocenters. The molecule has 2 rings (SSSR count). The predicted octanol–water partition coefficient (Wildman–Crippen LogP) is 0.681. The Morgan fingerprint density at radius 2 is 2.17 bits per heavy atom. The van der Waals surface area contributed by atoms with Crippen LogP contribution in [0.4, 0.5) is 0 Å². The van der Waals surface area contributed by atoms with E-state index in [0.29, 0.717) is 26.1 Å². The normalized spacial score (nSPS) is 36.9. The predicted molar refractivity (Wildman–Crippen MR) is 67.0 cm³/mol. The first-order valence-corrected chi connectivity index (χ1v) is 6.76. The Kier molecular flexibility index (Phi) is 3.61. The third-order valence-electron chi connectivity index (χ3n) is 4.14. The Hall–Kier alpha value is -1.10. The van der Waals surface area contributed by atoms with E-state index in [1.165, 1.54) is 0 Å². The first-order chi connectivity index (χ1) is 8.53. The second-order valence-electron chi connectivity index (χ2n) is 5.33. The molecule has 0 bridgehead atoms. The summed E-state index contributed by atoms with van der Waals surface area (Å²) in [6.07, 6.45) is 2.08. The van der Waals surface area contributed by atoms with Crippen molar-refractivity contribution in [1.82, 2.24) is 10.2 Å². The summed E-state index contributed by atoms with van der Waals surface area (Å²) in [5.41, 5.74) is -0.759. The molecule has 5 nitrogen and oxygen atoms in total. The number of hydrogen-bond acceptors (Lipinski definition) is 3. The molecule has 102 valence electrons. The van der Waals surface area contributed by atoms with Crippen LogP contribution in [0.1, 0.15) is 40.0 Å². The Bertz CT molecular complexity index is 352. The molecule has 0 radical (unpaired) electrons. The molecule has 5 heteroatoms. The number of piperazine rings is 1. The molecular weight excluding hydrogens is 232 g/mol. The third-order valence-corrected chi connectivity index (χ3v) is 4.14. The molecule has 2 heterocycles. The van der Waals surface area contributed by atoms with Gasteiger partial charge >= 0.3 is 0 Å². The maximum absolute atomic E-state index is 12.6. The van der Waals surface area contributed by atoms with Gasteiger partial charge in [0.2, 0.25) is 11.8 Å². The highest BCUT2D eigenvalue weighted by Crippen LogP contribution is 2.27. The van der Waals surface area contributed by atoms with Gasteiger partial charge in [-0.05, 0) is 26.2 Å². The highest BCUT2D eigenvalue weighted by molar-refractivity contribution is 5.99. The van der Waals surface area contributed by atoms with Crippen molar-refractivity contribution in [3.05, 3.63) is 0 Å². The quantitative estimate of drug-likeness (QED) is 0.806. The fourth-order valence-corrected chi connectivity index (χ4v) is 2.74. The minimum atomic E-state index is -0.759. The lowest BCUT2D eigenvalue weighted by molar-refractivity contribution is -0.157. The molecule has 0 saturated carbocycles. The Morgan fingerprint density at radius 1 is 1.44 bits per heavy atom. The van der Waals surface area contributed by atoms with Crippen LogP contribution in [0.5, 0.6) is 0 Å². The highest BCUT2D eigenvalue weighted by Gasteiger charge is 2.49. The first-order valence-electron chi connectivity index (χ1n) is 6.76. The maximum Gasteiger partial charge on any atom is 0.249 e. The molecule has 2 aliphatic heterocycles. The molecule has 0 aromatic heterocycles. The van der Waals surface area contributed by atoms with Crippen molar-refractivity contribution in [1.29, 1.82) is 0 Å². The fourth-order valence-electron chi connectivity index (χ4n) is 2.74. The summed E-state index contributed by atoms with van der Waals surface area (Å²) in [6.45, 7) is 6.90. The van der Waals surface area contributed by atoms with E-state index in [9.17, 15) is 9.59 Å². The molecule has 2 fully saturated rings. The zero-order valence-electron chi connectivity index (χ0n) is 11.4. The molecular formula is C13H22N2O3. The fraction of sp³-hybridized carbons (Fsp3) is 0.846. The monoisotopic (exact) mass is 254 g/mol. The molecule has 2 amide bonds. The summed E-state index contributed by atoms with van der Waals surface area (Å²) in [5, 5.41) is 2.88. The van der Waals surface area contributed by atoms with Crippen molar-refractivity contribution < 1.29 is 14.3 Å². The second-order valence-corrected chi connectivity index (χ2v) is 5.33. The van der Waals surface area contributed by atoms with E-state index in [0.717, 1.165) is 6.42 Å². The van der Waals surface area contributed by atoms with E-state index >= 15 is 0 Å². The minimum absolute atomic E-state index is 0.0339. The Balaban J connectivity index is 2.30. The van der Waals surface area contributed by atoms with Crippen LogP contribution in [0.2, 0.25) is 0 Å². The van der Waals surface area contributed by atoms with Gasteiger partial charge in [0.15, 0.2) is 0 Å².